The highest BCUT2D eigenvalue weighted by Gasteiger charge is 2.47. The predicted octanol–water partition coefficient (Wildman–Crippen LogP) is 5.22. The van der Waals surface area contributed by atoms with Crippen molar-refractivity contribution in [2.24, 2.45) is 0 Å². The molecule has 0 saturated carbocycles. The first-order chi connectivity index (χ1) is 14.9. The van der Waals surface area contributed by atoms with Crippen LogP contribution in [0.3, 0.4) is 0 Å². The number of thiophene rings is 1. The van der Waals surface area contributed by atoms with Crippen LogP contribution >= 0.6 is 11.3 Å². The van der Waals surface area contributed by atoms with Crippen molar-refractivity contribution in [3.63, 3.8) is 0 Å². The molecule has 158 valence electrons. The van der Waals surface area contributed by atoms with E-state index >= 15 is 0 Å². The lowest BCUT2D eigenvalue weighted by Gasteiger charge is -2.24. The molecule has 7 heteroatoms. The van der Waals surface area contributed by atoms with Gasteiger partial charge in [-0.05, 0) is 61.2 Å². The maximum atomic E-state index is 13.7. The number of aliphatic hydroxyl groups is 1. The predicted molar refractivity (Wildman–Crippen MR) is 118 cm³/mol. The first kappa shape index (κ1) is 20.8. The van der Waals surface area contributed by atoms with Crippen LogP contribution in [0, 0.1) is 12.7 Å². The van der Waals surface area contributed by atoms with Crippen molar-refractivity contribution in [3.05, 3.63) is 87.4 Å². The Hall–Kier alpha value is -3.45. The Kier molecular flexibility index (Phi) is 5.61. The standard InChI is InChI=1S/C24H20FNO4S/c1-3-30-17-7-4-6-16(13-17)26-21(19-8-5-11-31-19)20(23(28)24(26)29)22(27)15-9-10-18(25)14(2)12-15/h4-13,21,27H,3H2,1-2H3/b22-20-. The second-order valence-electron chi connectivity index (χ2n) is 7.08. The minimum absolute atomic E-state index is 0.0275. The van der Waals surface area contributed by atoms with E-state index in [9.17, 15) is 19.1 Å². The fraction of sp³-hybridized carbons (Fsp3) is 0.167. The highest BCUT2D eigenvalue weighted by atomic mass is 32.1. The molecule has 3 aromatic rings. The Morgan fingerprint density at radius 3 is 2.65 bits per heavy atom. The summed E-state index contributed by atoms with van der Waals surface area (Å²) < 4.78 is 19.3. The second kappa shape index (κ2) is 8.35. The molecule has 0 radical (unpaired) electrons. The minimum atomic E-state index is -0.803. The van der Waals surface area contributed by atoms with E-state index in [2.05, 4.69) is 0 Å². The lowest BCUT2D eigenvalue weighted by molar-refractivity contribution is -0.132. The fourth-order valence-electron chi connectivity index (χ4n) is 3.65. The van der Waals surface area contributed by atoms with E-state index in [1.807, 2.05) is 24.4 Å². The molecule has 2 aromatic carbocycles. The van der Waals surface area contributed by atoms with Gasteiger partial charge < -0.3 is 9.84 Å². The third kappa shape index (κ3) is 3.72. The number of carbonyl (C=O) groups excluding carboxylic acids is 2. The van der Waals surface area contributed by atoms with Crippen LogP contribution in [0.15, 0.2) is 65.6 Å². The Morgan fingerprint density at radius 2 is 1.97 bits per heavy atom. The van der Waals surface area contributed by atoms with Gasteiger partial charge in [0, 0.05) is 22.2 Å². The molecule has 0 bridgehead atoms. The van der Waals surface area contributed by atoms with Gasteiger partial charge in [-0.25, -0.2) is 4.39 Å². The summed E-state index contributed by atoms with van der Waals surface area (Å²) in [5, 5.41) is 12.9. The summed E-state index contributed by atoms with van der Waals surface area (Å²) in [6.45, 7) is 3.89. The Labute approximate surface area is 183 Å². The maximum absolute atomic E-state index is 13.7. The number of nitrogens with zero attached hydrogens (tertiary/aromatic N) is 1. The molecule has 1 aliphatic rings. The van der Waals surface area contributed by atoms with Crippen LogP contribution < -0.4 is 9.64 Å². The van der Waals surface area contributed by atoms with Crippen LogP contribution in [0.5, 0.6) is 5.75 Å². The van der Waals surface area contributed by atoms with E-state index in [0.29, 0.717) is 23.6 Å². The van der Waals surface area contributed by atoms with Crippen molar-refractivity contribution in [2.75, 3.05) is 11.5 Å². The lowest BCUT2D eigenvalue weighted by Crippen LogP contribution is -2.29. The van der Waals surface area contributed by atoms with Crippen LogP contribution in [-0.4, -0.2) is 23.4 Å². The zero-order valence-corrected chi connectivity index (χ0v) is 17.8. The molecule has 0 aliphatic carbocycles. The van der Waals surface area contributed by atoms with Crippen molar-refractivity contribution in [2.45, 2.75) is 19.9 Å². The molecule has 1 fully saturated rings. The third-order valence-corrected chi connectivity index (χ3v) is 6.02. The molecular formula is C24H20FNO4S. The quantitative estimate of drug-likeness (QED) is 0.338. The van der Waals surface area contributed by atoms with E-state index in [-0.39, 0.29) is 16.9 Å². The van der Waals surface area contributed by atoms with Crippen molar-refractivity contribution in [3.8, 4) is 5.75 Å². The average molecular weight is 437 g/mol. The van der Waals surface area contributed by atoms with Gasteiger partial charge in [0.2, 0.25) is 0 Å². The Bertz CT molecular complexity index is 1190. The molecule has 1 aromatic heterocycles. The van der Waals surface area contributed by atoms with E-state index in [4.69, 9.17) is 4.74 Å². The molecule has 4 rings (SSSR count). The minimum Gasteiger partial charge on any atom is -0.507 e. The Balaban J connectivity index is 1.90. The van der Waals surface area contributed by atoms with E-state index in [1.165, 1.54) is 34.4 Å². The van der Waals surface area contributed by atoms with Gasteiger partial charge in [-0.3, -0.25) is 14.5 Å². The molecular weight excluding hydrogens is 417 g/mol. The van der Waals surface area contributed by atoms with Crippen molar-refractivity contribution in [1.29, 1.82) is 0 Å². The summed E-state index contributed by atoms with van der Waals surface area (Å²) in [6, 6.07) is 13.8. The topological polar surface area (TPSA) is 66.8 Å². The number of ketones is 1. The third-order valence-electron chi connectivity index (χ3n) is 5.10. The molecule has 1 unspecified atom stereocenters. The van der Waals surface area contributed by atoms with Crippen LogP contribution in [0.1, 0.15) is 29.0 Å². The van der Waals surface area contributed by atoms with Crippen molar-refractivity contribution < 1.29 is 23.8 Å². The summed E-state index contributed by atoms with van der Waals surface area (Å²) in [5.74, 6) is -1.71. The number of aliphatic hydroxyl groups excluding tert-OH is 1. The van der Waals surface area contributed by atoms with Gasteiger partial charge in [-0.1, -0.05) is 12.1 Å². The van der Waals surface area contributed by atoms with E-state index in [0.717, 1.165) is 4.88 Å². The fourth-order valence-corrected chi connectivity index (χ4v) is 4.48. The molecule has 5 nitrogen and oxygen atoms in total. The molecule has 2 heterocycles. The van der Waals surface area contributed by atoms with Gasteiger partial charge in [0.25, 0.3) is 11.7 Å². The maximum Gasteiger partial charge on any atom is 0.300 e. The molecule has 1 amide bonds. The first-order valence-corrected chi connectivity index (χ1v) is 10.6. The number of Topliss-reactive ketones (excluding diaryl/α,β-unsaturated/α-hetero) is 1. The molecule has 31 heavy (non-hydrogen) atoms. The zero-order chi connectivity index (χ0) is 22.1. The summed E-state index contributed by atoms with van der Waals surface area (Å²) in [4.78, 5) is 28.2. The van der Waals surface area contributed by atoms with Crippen LogP contribution in [0.25, 0.3) is 5.76 Å². The van der Waals surface area contributed by atoms with Gasteiger partial charge in [-0.2, -0.15) is 0 Å². The van der Waals surface area contributed by atoms with Crippen LogP contribution in [0.4, 0.5) is 10.1 Å². The molecule has 1 N–H and O–H groups in total. The number of aryl methyl sites for hydroxylation is 1. The van der Waals surface area contributed by atoms with Gasteiger partial charge >= 0.3 is 0 Å². The molecule has 1 saturated heterocycles. The van der Waals surface area contributed by atoms with Crippen molar-refractivity contribution >= 4 is 34.5 Å². The van der Waals surface area contributed by atoms with E-state index < -0.39 is 23.5 Å². The van der Waals surface area contributed by atoms with Gasteiger partial charge in [0.15, 0.2) is 0 Å². The van der Waals surface area contributed by atoms with Crippen LogP contribution in [-0.2, 0) is 9.59 Å². The SMILES string of the molecule is CCOc1cccc(N2C(=O)C(=O)/C(=C(\O)c3ccc(F)c(C)c3)C2c2cccs2)c1. The Morgan fingerprint density at radius 1 is 1.16 bits per heavy atom. The van der Waals surface area contributed by atoms with E-state index in [1.54, 1.807) is 31.2 Å². The number of ether oxygens (including phenoxy) is 1. The number of anilines is 1. The molecule has 1 atom stereocenters. The number of rotatable bonds is 5. The summed E-state index contributed by atoms with van der Waals surface area (Å²) in [5.41, 5.74) is 1.07. The van der Waals surface area contributed by atoms with Gasteiger partial charge in [0.05, 0.1) is 12.2 Å². The number of amides is 1. The number of benzene rings is 2. The highest BCUT2D eigenvalue weighted by Crippen LogP contribution is 2.44. The first-order valence-electron chi connectivity index (χ1n) is 9.76. The summed E-state index contributed by atoms with van der Waals surface area (Å²) >= 11 is 1.38. The molecule has 1 aliphatic heterocycles. The summed E-state index contributed by atoms with van der Waals surface area (Å²) in [6.07, 6.45) is 0. The van der Waals surface area contributed by atoms with Crippen LogP contribution in [0.2, 0.25) is 0 Å². The zero-order valence-electron chi connectivity index (χ0n) is 17.0. The number of hydrogen-bond acceptors (Lipinski definition) is 5. The smallest absolute Gasteiger partial charge is 0.300 e. The van der Waals surface area contributed by atoms with Crippen molar-refractivity contribution in [1.82, 2.24) is 0 Å². The molecule has 0 spiro atoms. The normalized spacial score (nSPS) is 17.9. The summed E-state index contributed by atoms with van der Waals surface area (Å²) in [7, 11) is 0. The lowest BCUT2D eigenvalue weighted by atomic mass is 9.98. The van der Waals surface area contributed by atoms with Gasteiger partial charge in [-0.15, -0.1) is 11.3 Å². The second-order valence-corrected chi connectivity index (χ2v) is 8.06. The highest BCUT2D eigenvalue weighted by molar-refractivity contribution is 7.10. The average Bonchev–Trinajstić information content (AvgIpc) is 3.37. The number of carbonyl (C=O) groups is 2. The number of hydrogen-bond donors (Lipinski definition) is 1. The van der Waals surface area contributed by atoms with Gasteiger partial charge in [0.1, 0.15) is 23.4 Å². The largest absolute Gasteiger partial charge is 0.507 e. The number of halogens is 1. The monoisotopic (exact) mass is 437 g/mol.